The van der Waals surface area contributed by atoms with Gasteiger partial charge in [-0.1, -0.05) is 17.7 Å². The van der Waals surface area contributed by atoms with Gasteiger partial charge < -0.3 is 5.73 Å². The number of carbonyl (C=O) groups is 1. The van der Waals surface area contributed by atoms with Crippen molar-refractivity contribution in [1.82, 2.24) is 5.43 Å². The molecule has 0 saturated heterocycles. The second-order valence-corrected chi connectivity index (χ2v) is 2.78. The van der Waals surface area contributed by atoms with E-state index in [0.717, 1.165) is 6.21 Å². The highest BCUT2D eigenvalue weighted by Gasteiger charge is 2.03. The lowest BCUT2D eigenvalue weighted by molar-refractivity contribution is 0.249. The van der Waals surface area contributed by atoms with Crippen LogP contribution in [0.4, 0.5) is 9.18 Å². The number of benzene rings is 1. The first-order chi connectivity index (χ1) is 6.61. The average Bonchev–Trinajstić information content (AvgIpc) is 2.09. The molecule has 2 amide bonds. The van der Waals surface area contributed by atoms with Crippen LogP contribution < -0.4 is 11.2 Å². The van der Waals surface area contributed by atoms with E-state index in [2.05, 4.69) is 5.10 Å². The average molecular weight is 216 g/mol. The summed E-state index contributed by atoms with van der Waals surface area (Å²) >= 11 is 5.67. The van der Waals surface area contributed by atoms with Crippen molar-refractivity contribution in [3.8, 4) is 0 Å². The summed E-state index contributed by atoms with van der Waals surface area (Å²) in [6.07, 6.45) is 1.09. The predicted molar refractivity (Wildman–Crippen MR) is 51.7 cm³/mol. The third kappa shape index (κ3) is 2.70. The maximum Gasteiger partial charge on any atom is 0.332 e. The van der Waals surface area contributed by atoms with E-state index < -0.39 is 11.8 Å². The smallest absolute Gasteiger partial charge is 0.332 e. The molecule has 0 heterocycles. The highest BCUT2D eigenvalue weighted by atomic mass is 35.5. The lowest BCUT2D eigenvalue weighted by Crippen LogP contribution is -2.24. The van der Waals surface area contributed by atoms with Crippen molar-refractivity contribution >= 4 is 23.8 Å². The lowest BCUT2D eigenvalue weighted by Gasteiger charge is -1.98. The molecule has 0 aromatic heterocycles. The molecule has 1 aromatic rings. The van der Waals surface area contributed by atoms with Crippen LogP contribution >= 0.6 is 11.6 Å². The van der Waals surface area contributed by atoms with Gasteiger partial charge in [0, 0.05) is 5.56 Å². The van der Waals surface area contributed by atoms with Gasteiger partial charge >= 0.3 is 6.03 Å². The van der Waals surface area contributed by atoms with E-state index in [1.807, 2.05) is 5.43 Å². The first-order valence-corrected chi connectivity index (χ1v) is 4.01. The van der Waals surface area contributed by atoms with Gasteiger partial charge in [0.05, 0.1) is 11.2 Å². The molecule has 0 atom stereocenters. The summed E-state index contributed by atoms with van der Waals surface area (Å²) in [4.78, 5) is 10.2. The van der Waals surface area contributed by atoms with Crippen LogP contribution in [0, 0.1) is 5.82 Å². The highest BCUT2D eigenvalue weighted by molar-refractivity contribution is 6.33. The van der Waals surface area contributed by atoms with Gasteiger partial charge in [0.2, 0.25) is 0 Å². The van der Waals surface area contributed by atoms with E-state index in [1.54, 1.807) is 0 Å². The van der Waals surface area contributed by atoms with Gasteiger partial charge in [-0.15, -0.1) is 0 Å². The number of amides is 2. The zero-order valence-corrected chi connectivity index (χ0v) is 7.75. The van der Waals surface area contributed by atoms with Gasteiger partial charge in [0.1, 0.15) is 5.82 Å². The fourth-order valence-electron chi connectivity index (χ4n) is 0.794. The number of nitrogens with one attached hydrogen (secondary N) is 1. The third-order valence-corrected chi connectivity index (χ3v) is 1.70. The van der Waals surface area contributed by atoms with Crippen molar-refractivity contribution in [3.63, 3.8) is 0 Å². The molecule has 0 aliphatic carbocycles. The fraction of sp³-hybridized carbons (Fsp3) is 0. The van der Waals surface area contributed by atoms with Gasteiger partial charge in [0.15, 0.2) is 0 Å². The number of rotatable bonds is 2. The molecule has 4 nitrogen and oxygen atoms in total. The monoisotopic (exact) mass is 215 g/mol. The van der Waals surface area contributed by atoms with Gasteiger partial charge in [-0.25, -0.2) is 14.6 Å². The van der Waals surface area contributed by atoms with E-state index in [4.69, 9.17) is 17.3 Å². The second-order valence-electron chi connectivity index (χ2n) is 2.37. The van der Waals surface area contributed by atoms with Crippen LogP contribution in [0.2, 0.25) is 5.02 Å². The van der Waals surface area contributed by atoms with E-state index in [9.17, 15) is 9.18 Å². The minimum Gasteiger partial charge on any atom is -0.350 e. The van der Waals surface area contributed by atoms with Crippen LogP contribution in [-0.2, 0) is 0 Å². The summed E-state index contributed by atoms with van der Waals surface area (Å²) in [5.41, 5.74) is 6.77. The first-order valence-electron chi connectivity index (χ1n) is 3.64. The number of carbonyl (C=O) groups excluding carboxylic acids is 1. The largest absolute Gasteiger partial charge is 0.350 e. The Kier molecular flexibility index (Phi) is 3.41. The third-order valence-electron chi connectivity index (χ3n) is 1.37. The van der Waals surface area contributed by atoms with E-state index >= 15 is 0 Å². The Morgan fingerprint density at radius 2 is 2.36 bits per heavy atom. The summed E-state index contributed by atoms with van der Waals surface area (Å²) in [5, 5.41) is 3.60. The van der Waals surface area contributed by atoms with E-state index in [0.29, 0.717) is 0 Å². The molecule has 1 rings (SSSR count). The van der Waals surface area contributed by atoms with Crippen LogP contribution in [0.1, 0.15) is 5.56 Å². The van der Waals surface area contributed by atoms with Gasteiger partial charge in [0.25, 0.3) is 0 Å². The quantitative estimate of drug-likeness (QED) is 0.570. The van der Waals surface area contributed by atoms with Crippen LogP contribution in [0.25, 0.3) is 0 Å². The molecule has 0 aliphatic rings. The van der Waals surface area contributed by atoms with Crippen LogP contribution in [0.15, 0.2) is 23.3 Å². The van der Waals surface area contributed by atoms with Crippen LogP contribution in [-0.4, -0.2) is 12.2 Å². The lowest BCUT2D eigenvalue weighted by atomic mass is 10.2. The molecule has 0 aliphatic heterocycles. The zero-order chi connectivity index (χ0) is 10.6. The Bertz CT molecular complexity index is 361. The minimum atomic E-state index is -0.825. The van der Waals surface area contributed by atoms with Crippen LogP contribution in [0.5, 0.6) is 0 Å². The summed E-state index contributed by atoms with van der Waals surface area (Å²) in [6.45, 7) is 0. The number of hydrogen-bond donors (Lipinski definition) is 2. The first kappa shape index (κ1) is 10.5. The Balaban J connectivity index is 2.85. The molecule has 3 N–H and O–H groups in total. The Labute approximate surface area is 84.5 Å². The Morgan fingerprint density at radius 1 is 1.64 bits per heavy atom. The van der Waals surface area contributed by atoms with E-state index in [1.165, 1.54) is 18.2 Å². The summed E-state index contributed by atoms with van der Waals surface area (Å²) in [6, 6.07) is 3.39. The molecule has 0 saturated carbocycles. The number of primary amides is 1. The number of halogens is 2. The van der Waals surface area contributed by atoms with Gasteiger partial charge in [-0.2, -0.15) is 5.10 Å². The summed E-state index contributed by atoms with van der Waals surface area (Å²) < 4.78 is 13.1. The molecule has 0 spiro atoms. The second kappa shape index (κ2) is 4.57. The number of nitrogens with two attached hydrogens (primary N) is 1. The van der Waals surface area contributed by atoms with Crippen molar-refractivity contribution in [2.45, 2.75) is 0 Å². The number of hydrazone groups is 1. The SMILES string of the molecule is NC(=O)N/N=C/c1c(F)cccc1Cl. The minimum absolute atomic E-state index is 0.0999. The molecule has 6 heteroatoms. The molecule has 0 unspecified atom stereocenters. The maximum atomic E-state index is 13.1. The topological polar surface area (TPSA) is 67.5 Å². The normalized spacial score (nSPS) is 10.4. The van der Waals surface area contributed by atoms with Crippen molar-refractivity contribution < 1.29 is 9.18 Å². The van der Waals surface area contributed by atoms with Crippen molar-refractivity contribution in [1.29, 1.82) is 0 Å². The molecule has 14 heavy (non-hydrogen) atoms. The maximum absolute atomic E-state index is 13.1. The van der Waals surface area contributed by atoms with Gasteiger partial charge in [-0.3, -0.25) is 0 Å². The Morgan fingerprint density at radius 3 is 2.93 bits per heavy atom. The van der Waals surface area contributed by atoms with E-state index in [-0.39, 0.29) is 10.6 Å². The highest BCUT2D eigenvalue weighted by Crippen LogP contribution is 2.16. The van der Waals surface area contributed by atoms with Crippen LogP contribution in [0.3, 0.4) is 0 Å². The molecular formula is C8H7ClFN3O. The molecule has 1 aromatic carbocycles. The standard InChI is InChI=1S/C8H7ClFN3O/c9-6-2-1-3-7(10)5(6)4-12-13-8(11)14/h1-4H,(H3,11,13,14)/b12-4+. The fourth-order valence-corrected chi connectivity index (χ4v) is 1.01. The molecule has 74 valence electrons. The number of hydrogen-bond acceptors (Lipinski definition) is 2. The molecule has 0 bridgehead atoms. The predicted octanol–water partition coefficient (Wildman–Crippen LogP) is 1.48. The van der Waals surface area contributed by atoms with Gasteiger partial charge in [-0.05, 0) is 12.1 Å². The zero-order valence-electron chi connectivity index (χ0n) is 7.00. The number of nitrogens with zero attached hydrogens (tertiary/aromatic N) is 1. The Hall–Kier alpha value is -1.62. The number of urea groups is 1. The van der Waals surface area contributed by atoms with Crippen molar-refractivity contribution in [2.24, 2.45) is 10.8 Å². The molecule has 0 fully saturated rings. The molecule has 0 radical (unpaired) electrons. The van der Waals surface area contributed by atoms with Crippen molar-refractivity contribution in [2.75, 3.05) is 0 Å². The molecular weight excluding hydrogens is 209 g/mol. The van der Waals surface area contributed by atoms with Crippen molar-refractivity contribution in [3.05, 3.63) is 34.6 Å². The summed E-state index contributed by atoms with van der Waals surface area (Å²) in [5.74, 6) is -0.521. The summed E-state index contributed by atoms with van der Waals surface area (Å²) in [7, 11) is 0.